The van der Waals surface area contributed by atoms with Crippen LogP contribution in [0.2, 0.25) is 0 Å². The van der Waals surface area contributed by atoms with Crippen LogP contribution in [-0.2, 0) is 19.0 Å². The molecule has 2 unspecified atom stereocenters. The molecule has 3 rings (SSSR count). The molecular weight excluding hydrogens is 667 g/mol. The Kier molecular flexibility index (Phi) is 9.98. The van der Waals surface area contributed by atoms with Gasteiger partial charge in [-0.25, -0.2) is 4.79 Å². The van der Waals surface area contributed by atoms with Crippen molar-refractivity contribution in [3.05, 3.63) is 0 Å². The largest absolute Gasteiger partial charge is 0.480 e. The summed E-state index contributed by atoms with van der Waals surface area (Å²) in [7, 11) is 0. The van der Waals surface area contributed by atoms with Crippen LogP contribution in [0.4, 0.5) is 0 Å². The van der Waals surface area contributed by atoms with Crippen LogP contribution in [0.5, 0.6) is 0 Å². The minimum absolute atomic E-state index is 0. The molecule has 1 saturated heterocycles. The van der Waals surface area contributed by atoms with Crippen LogP contribution in [-0.4, -0.2) is 53.4 Å². The summed E-state index contributed by atoms with van der Waals surface area (Å²) in [6.07, 6.45) is 4.55. The number of fused-ring (bicyclic) bond motifs is 1. The van der Waals surface area contributed by atoms with E-state index in [9.17, 15) is 9.90 Å². The van der Waals surface area contributed by atoms with Gasteiger partial charge in [0.15, 0.2) is 5.05 Å². The number of cyclic esters (lactones) is 1. The third-order valence-electron chi connectivity index (χ3n) is 8.67. The van der Waals surface area contributed by atoms with Gasteiger partial charge in [-0.1, -0.05) is 41.0 Å². The van der Waals surface area contributed by atoms with E-state index < -0.39 is 29.4 Å². The zero-order valence-corrected chi connectivity index (χ0v) is 27.5. The molecule has 3 fully saturated rings. The van der Waals surface area contributed by atoms with E-state index >= 15 is 0 Å². The molecule has 0 aromatic carbocycles. The predicted octanol–water partition coefficient (Wildman–Crippen LogP) is 4.64. The first kappa shape index (κ1) is 29.2. The van der Waals surface area contributed by atoms with Gasteiger partial charge < -0.3 is 24.4 Å². The third kappa shape index (κ3) is 6.04. The van der Waals surface area contributed by atoms with Crippen molar-refractivity contribution < 1.29 is 73.3 Å². The maximum absolute atomic E-state index is 13.1. The maximum Gasteiger partial charge on any atom is 0.344 e. The van der Waals surface area contributed by atoms with E-state index in [0.29, 0.717) is 23.3 Å². The molecule has 0 amide bonds. The Labute approximate surface area is 248 Å². The molecule has 6 nitrogen and oxygen atoms in total. The van der Waals surface area contributed by atoms with E-state index in [2.05, 4.69) is 13.8 Å². The number of thiocarbonyl (C=S) groups is 1. The predicted molar refractivity (Wildman–Crippen MR) is 131 cm³/mol. The van der Waals surface area contributed by atoms with Gasteiger partial charge in [-0.3, -0.25) is 0 Å². The van der Waals surface area contributed by atoms with Crippen LogP contribution in [0.15, 0.2) is 0 Å². The van der Waals surface area contributed by atoms with Crippen molar-refractivity contribution >= 4 is 23.2 Å². The fraction of sp³-hybridized carbons (Fsp3) is 0.923. The third-order valence-corrected chi connectivity index (χ3v) is 8.77. The van der Waals surface area contributed by atoms with E-state index in [4.69, 9.17) is 33.0 Å². The van der Waals surface area contributed by atoms with Crippen molar-refractivity contribution in [1.29, 1.82) is 1.43 Å². The molecule has 1 radical (unpaired) electrons. The second kappa shape index (κ2) is 11.6. The summed E-state index contributed by atoms with van der Waals surface area (Å²) in [5.41, 5.74) is -1.64. The summed E-state index contributed by atoms with van der Waals surface area (Å²) in [5, 5.41) is 15.9. The van der Waals surface area contributed by atoms with Crippen LogP contribution < -0.4 is 0 Å². The van der Waals surface area contributed by atoms with Crippen molar-refractivity contribution in [3.63, 3.8) is 0 Å². The Morgan fingerprint density at radius 2 is 2.00 bits per heavy atom. The van der Waals surface area contributed by atoms with Gasteiger partial charge in [0, 0.05) is 68.9 Å². The smallest absolute Gasteiger partial charge is 0.344 e. The first-order valence-electron chi connectivity index (χ1n) is 13.0. The van der Waals surface area contributed by atoms with Gasteiger partial charge in [-0.05, 0) is 74.4 Å². The van der Waals surface area contributed by atoms with Gasteiger partial charge in [0.25, 0.3) is 0 Å². The number of aliphatic hydroxyl groups is 2. The summed E-state index contributed by atoms with van der Waals surface area (Å²) in [6, 6.07) is 0. The van der Waals surface area contributed by atoms with Crippen LogP contribution in [0.25, 0.3) is 0 Å². The fourth-order valence-corrected chi connectivity index (χ4v) is 7.02. The molecule has 193 valence electrons. The number of hydrogen-bond acceptors (Lipinski definition) is 7. The summed E-state index contributed by atoms with van der Waals surface area (Å²) in [6.45, 7) is 13.7. The summed E-state index contributed by atoms with van der Waals surface area (Å²) in [4.78, 5) is 13.1. The number of ether oxygens (including phenoxy) is 3. The minimum Gasteiger partial charge on any atom is -0.480 e. The van der Waals surface area contributed by atoms with Crippen molar-refractivity contribution in [1.82, 2.24) is 0 Å². The van der Waals surface area contributed by atoms with E-state index in [1.807, 2.05) is 20.8 Å². The first-order chi connectivity index (χ1) is 15.8. The molecule has 2 aliphatic carbocycles. The van der Waals surface area contributed by atoms with Gasteiger partial charge in [0.1, 0.15) is 6.10 Å². The van der Waals surface area contributed by atoms with Crippen LogP contribution in [0.3, 0.4) is 0 Å². The maximum atomic E-state index is 13.1. The van der Waals surface area contributed by atoms with Gasteiger partial charge in [-0.15, -0.1) is 0 Å². The van der Waals surface area contributed by atoms with E-state index in [1.54, 1.807) is 13.8 Å². The Bertz CT molecular complexity index is 763. The van der Waals surface area contributed by atoms with Crippen molar-refractivity contribution in [2.45, 2.75) is 111 Å². The standard InChI is InChI=1S/C26H44O6S.Ac/c1-15(18-10-11-19-20(28)9-8-12-25(18,19)6)13-17(14-27)21(30-16(2)33)26(7)22(29)31-23(32-26)24(3,4)5;/h15,17-21,23,27-28H,8-14H2,1-7H3;/t15-,17+,18-,19?,20+,21?,23-,25-,26-;/m1./s1/i28T;. The Morgan fingerprint density at radius 1 is 1.32 bits per heavy atom. The van der Waals surface area contributed by atoms with Crippen molar-refractivity contribution in [2.24, 2.45) is 34.5 Å². The average Bonchev–Trinajstić information content (AvgIpc) is 3.27. The average molecular weight is 714 g/mol. The number of hydrogen-bond donors (Lipinski definition) is 2. The summed E-state index contributed by atoms with van der Waals surface area (Å²) < 4.78 is 25.4. The molecule has 0 spiro atoms. The number of carbonyl (C=O) groups is 1. The molecule has 1 heterocycles. The molecule has 8 heteroatoms. The molecular formula is C26H44AcO6S. The zero-order chi connectivity index (χ0) is 25.5. The van der Waals surface area contributed by atoms with E-state index in [-0.39, 0.29) is 74.0 Å². The monoisotopic (exact) mass is 713 g/mol. The van der Waals surface area contributed by atoms with E-state index in [1.165, 1.54) is 0 Å². The Balaban J connectivity index is 0.00000432. The quantitative estimate of drug-likeness (QED) is 0.281. The van der Waals surface area contributed by atoms with E-state index in [0.717, 1.165) is 32.1 Å². The number of carbonyl (C=O) groups excluding carboxylic acids is 1. The number of esters is 1. The number of rotatable bonds is 8. The molecule has 3 aliphatic rings. The fourth-order valence-electron chi connectivity index (χ4n) is 6.91. The molecule has 0 aromatic rings. The topological polar surface area (TPSA) is 85.2 Å². The van der Waals surface area contributed by atoms with Gasteiger partial charge in [0.05, 0.1) is 6.10 Å². The molecule has 9 atom stereocenters. The second-order valence-corrected chi connectivity index (χ2v) is 12.8. The van der Waals surface area contributed by atoms with Crippen LogP contribution >= 0.6 is 12.2 Å². The molecule has 2 N–H and O–H groups in total. The zero-order valence-electron chi connectivity index (χ0n) is 23.0. The van der Waals surface area contributed by atoms with Gasteiger partial charge >= 0.3 is 5.97 Å². The Morgan fingerprint density at radius 3 is 2.53 bits per heavy atom. The second-order valence-electron chi connectivity index (χ2n) is 12.2. The molecule has 2 saturated carbocycles. The number of aliphatic hydroxyl groups excluding tert-OH is 2. The van der Waals surface area contributed by atoms with Crippen molar-refractivity contribution in [2.75, 3.05) is 6.61 Å². The summed E-state index contributed by atoms with van der Waals surface area (Å²) >= 11 is 5.26. The Hall–Kier alpha value is 0.682. The molecule has 0 bridgehead atoms. The minimum atomic E-state index is -1.36. The van der Waals surface area contributed by atoms with Gasteiger partial charge in [0.2, 0.25) is 13.3 Å². The summed E-state index contributed by atoms with van der Waals surface area (Å²) in [5.74, 6) is 0.305. The van der Waals surface area contributed by atoms with Crippen LogP contribution in [0.1, 0.15) is 87.0 Å². The molecule has 34 heavy (non-hydrogen) atoms. The molecule has 1 aliphatic heterocycles. The van der Waals surface area contributed by atoms with Crippen LogP contribution in [0, 0.1) is 78.6 Å². The van der Waals surface area contributed by atoms with Crippen molar-refractivity contribution in [3.8, 4) is 0 Å². The molecule has 0 aromatic heterocycles. The SMILES string of the molecule is [3H]O[C@H]1CCC[C@@]2(C)C1CC[C@@H]2[C@H](C)C[C@@H](CO)C(OC(C)=S)[C@@]1(C)O[C@H](C(C)(C)C)OC1=O.[Ac]. The normalized spacial score (nSPS) is 38.7. The van der Waals surface area contributed by atoms with Gasteiger partial charge in [-0.2, -0.15) is 0 Å². The first-order valence-corrected chi connectivity index (χ1v) is 13.0.